The van der Waals surface area contributed by atoms with Gasteiger partial charge in [0, 0.05) is 26.2 Å². The zero-order valence-electron chi connectivity index (χ0n) is 13.7. The molecule has 23 heavy (non-hydrogen) atoms. The van der Waals surface area contributed by atoms with Crippen LogP contribution in [0.3, 0.4) is 0 Å². The minimum Gasteiger partial charge on any atom is -0.378 e. The Labute approximate surface area is 135 Å². The van der Waals surface area contributed by atoms with Crippen molar-refractivity contribution in [2.24, 2.45) is 5.92 Å². The second-order valence-corrected chi connectivity index (χ2v) is 6.25. The van der Waals surface area contributed by atoms with Crippen molar-refractivity contribution in [1.82, 2.24) is 9.78 Å². The fraction of sp³-hybridized carbons (Fsp3) is 0.800. The molecule has 0 aromatic carbocycles. The molecule has 1 aromatic heterocycles. The monoisotopic (exact) mass is 324 g/mol. The van der Waals surface area contributed by atoms with Crippen molar-refractivity contribution in [2.75, 3.05) is 37.8 Å². The Balaban J connectivity index is 1.70. The van der Waals surface area contributed by atoms with Gasteiger partial charge in [-0.15, -0.1) is 0 Å². The van der Waals surface area contributed by atoms with Gasteiger partial charge in [-0.25, -0.2) is 4.68 Å². The molecule has 2 fully saturated rings. The second-order valence-electron chi connectivity index (χ2n) is 6.25. The molecule has 0 spiro atoms. The van der Waals surface area contributed by atoms with Crippen LogP contribution in [0.1, 0.15) is 25.5 Å². The SMILES string of the molecule is CCn1nc(C)c([N+](=O)[O-])c1N1CCO[C@@H](COCC2CC2)C1. The van der Waals surface area contributed by atoms with E-state index in [0.29, 0.717) is 44.4 Å². The van der Waals surface area contributed by atoms with Crippen LogP contribution in [0.4, 0.5) is 11.5 Å². The highest BCUT2D eigenvalue weighted by Crippen LogP contribution is 2.33. The first-order chi connectivity index (χ1) is 11.1. The third-order valence-electron chi connectivity index (χ3n) is 4.34. The van der Waals surface area contributed by atoms with Gasteiger partial charge in [-0.3, -0.25) is 10.1 Å². The summed E-state index contributed by atoms with van der Waals surface area (Å²) in [4.78, 5) is 13.1. The largest absolute Gasteiger partial charge is 0.378 e. The molecule has 0 N–H and O–H groups in total. The Morgan fingerprint density at radius 2 is 2.22 bits per heavy atom. The zero-order chi connectivity index (χ0) is 16.4. The van der Waals surface area contributed by atoms with Crippen molar-refractivity contribution in [1.29, 1.82) is 0 Å². The number of hydrogen-bond acceptors (Lipinski definition) is 6. The standard InChI is InChI=1S/C15H24N4O4/c1-3-18-15(14(19(20)21)11(2)16-18)17-6-7-23-13(8-17)10-22-9-12-4-5-12/h12-13H,3-10H2,1-2H3/t13-/m1/s1. The van der Waals surface area contributed by atoms with Gasteiger partial charge in [0.05, 0.1) is 24.2 Å². The van der Waals surface area contributed by atoms with E-state index in [0.717, 1.165) is 12.5 Å². The molecule has 3 rings (SSSR count). The van der Waals surface area contributed by atoms with Gasteiger partial charge in [-0.2, -0.15) is 5.10 Å². The molecule has 0 amide bonds. The molecule has 1 saturated carbocycles. The van der Waals surface area contributed by atoms with Crippen molar-refractivity contribution in [3.63, 3.8) is 0 Å². The van der Waals surface area contributed by atoms with Gasteiger partial charge >= 0.3 is 5.69 Å². The summed E-state index contributed by atoms with van der Waals surface area (Å²) in [6.45, 7) is 7.33. The van der Waals surface area contributed by atoms with Crippen molar-refractivity contribution < 1.29 is 14.4 Å². The first-order valence-electron chi connectivity index (χ1n) is 8.26. The number of hydrogen-bond donors (Lipinski definition) is 0. The number of nitrogens with zero attached hydrogens (tertiary/aromatic N) is 4. The maximum absolute atomic E-state index is 11.4. The molecule has 128 valence electrons. The number of aromatic nitrogens is 2. The fourth-order valence-corrected chi connectivity index (χ4v) is 2.97. The fourth-order valence-electron chi connectivity index (χ4n) is 2.97. The predicted octanol–water partition coefficient (Wildman–Crippen LogP) is 1.75. The highest BCUT2D eigenvalue weighted by atomic mass is 16.6. The number of nitro groups is 1. The lowest BCUT2D eigenvalue weighted by Gasteiger charge is -2.33. The topological polar surface area (TPSA) is 82.7 Å². The van der Waals surface area contributed by atoms with E-state index < -0.39 is 0 Å². The lowest BCUT2D eigenvalue weighted by molar-refractivity contribution is -0.384. The number of ether oxygens (including phenoxy) is 2. The van der Waals surface area contributed by atoms with E-state index in [4.69, 9.17) is 9.47 Å². The minimum atomic E-state index is -0.335. The van der Waals surface area contributed by atoms with Gasteiger partial charge in [-0.1, -0.05) is 0 Å². The summed E-state index contributed by atoms with van der Waals surface area (Å²) in [5.74, 6) is 1.31. The summed E-state index contributed by atoms with van der Waals surface area (Å²) in [6.07, 6.45) is 2.47. The van der Waals surface area contributed by atoms with E-state index in [1.54, 1.807) is 11.6 Å². The molecule has 8 nitrogen and oxygen atoms in total. The molecule has 1 saturated heterocycles. The van der Waals surface area contributed by atoms with Gasteiger partial charge < -0.3 is 14.4 Å². The summed E-state index contributed by atoms with van der Waals surface area (Å²) in [5, 5.41) is 15.7. The molecule has 2 heterocycles. The second kappa shape index (κ2) is 6.84. The Bertz CT molecular complexity index is 570. The Kier molecular flexibility index (Phi) is 4.82. The quantitative estimate of drug-likeness (QED) is 0.561. The first kappa shape index (κ1) is 16.2. The summed E-state index contributed by atoms with van der Waals surface area (Å²) in [7, 11) is 0. The maximum Gasteiger partial charge on any atom is 0.333 e. The normalized spacial score (nSPS) is 21.7. The molecule has 1 atom stereocenters. The minimum absolute atomic E-state index is 0.0531. The highest BCUT2D eigenvalue weighted by molar-refractivity contribution is 5.61. The number of aryl methyl sites for hydroxylation is 2. The van der Waals surface area contributed by atoms with E-state index in [1.165, 1.54) is 12.8 Å². The van der Waals surface area contributed by atoms with Gasteiger partial charge in [0.25, 0.3) is 0 Å². The van der Waals surface area contributed by atoms with Crippen molar-refractivity contribution in [3.05, 3.63) is 15.8 Å². The van der Waals surface area contributed by atoms with Crippen LogP contribution >= 0.6 is 0 Å². The highest BCUT2D eigenvalue weighted by Gasteiger charge is 2.32. The van der Waals surface area contributed by atoms with E-state index in [2.05, 4.69) is 5.10 Å². The van der Waals surface area contributed by atoms with Crippen LogP contribution in [-0.4, -0.2) is 53.7 Å². The predicted molar refractivity (Wildman–Crippen MR) is 84.8 cm³/mol. The van der Waals surface area contributed by atoms with E-state index >= 15 is 0 Å². The van der Waals surface area contributed by atoms with Crippen LogP contribution in [-0.2, 0) is 16.0 Å². The van der Waals surface area contributed by atoms with Crippen LogP contribution in [0, 0.1) is 23.0 Å². The molecule has 0 bridgehead atoms. The molecule has 2 aliphatic rings. The van der Waals surface area contributed by atoms with Crippen molar-refractivity contribution in [2.45, 2.75) is 39.3 Å². The third kappa shape index (κ3) is 3.64. The number of rotatable bonds is 7. The molecular weight excluding hydrogens is 300 g/mol. The number of anilines is 1. The van der Waals surface area contributed by atoms with Gasteiger partial charge in [0.1, 0.15) is 5.69 Å². The van der Waals surface area contributed by atoms with Gasteiger partial charge in [0.2, 0.25) is 5.82 Å². The van der Waals surface area contributed by atoms with Crippen LogP contribution < -0.4 is 4.90 Å². The molecule has 8 heteroatoms. The zero-order valence-corrected chi connectivity index (χ0v) is 13.7. The van der Waals surface area contributed by atoms with Crippen LogP contribution in [0.5, 0.6) is 0 Å². The molecule has 1 aliphatic carbocycles. The van der Waals surface area contributed by atoms with Crippen LogP contribution in [0.2, 0.25) is 0 Å². The summed E-state index contributed by atoms with van der Waals surface area (Å²) < 4.78 is 13.2. The molecule has 0 unspecified atom stereocenters. The van der Waals surface area contributed by atoms with Gasteiger partial charge in [-0.05, 0) is 32.6 Å². The van der Waals surface area contributed by atoms with Crippen molar-refractivity contribution >= 4 is 11.5 Å². The maximum atomic E-state index is 11.4. The lowest BCUT2D eigenvalue weighted by Crippen LogP contribution is -2.45. The summed E-state index contributed by atoms with van der Waals surface area (Å²) >= 11 is 0. The van der Waals surface area contributed by atoms with Crippen LogP contribution in [0.25, 0.3) is 0 Å². The Hall–Kier alpha value is -1.67. The van der Waals surface area contributed by atoms with E-state index in [-0.39, 0.29) is 16.7 Å². The summed E-state index contributed by atoms with van der Waals surface area (Å²) in [5.41, 5.74) is 0.561. The lowest BCUT2D eigenvalue weighted by atomic mass is 10.2. The van der Waals surface area contributed by atoms with E-state index in [1.807, 2.05) is 11.8 Å². The average molecular weight is 324 g/mol. The molecule has 1 aliphatic heterocycles. The third-order valence-corrected chi connectivity index (χ3v) is 4.34. The molecular formula is C15H24N4O4. The molecule has 1 aromatic rings. The average Bonchev–Trinajstić information content (AvgIpc) is 3.28. The van der Waals surface area contributed by atoms with Crippen molar-refractivity contribution in [3.8, 4) is 0 Å². The smallest absolute Gasteiger partial charge is 0.333 e. The summed E-state index contributed by atoms with van der Waals surface area (Å²) in [6, 6.07) is 0. The number of morpholine rings is 1. The Morgan fingerprint density at radius 3 is 2.87 bits per heavy atom. The first-order valence-corrected chi connectivity index (χ1v) is 8.26. The molecule has 0 radical (unpaired) electrons. The van der Waals surface area contributed by atoms with E-state index in [9.17, 15) is 10.1 Å². The van der Waals surface area contributed by atoms with Gasteiger partial charge in [0.15, 0.2) is 0 Å². The Morgan fingerprint density at radius 1 is 1.43 bits per heavy atom. The van der Waals surface area contributed by atoms with Crippen LogP contribution in [0.15, 0.2) is 0 Å².